The van der Waals surface area contributed by atoms with Gasteiger partial charge in [0.25, 0.3) is 0 Å². The summed E-state index contributed by atoms with van der Waals surface area (Å²) in [6, 6.07) is 0.830. The standard InChI is InChI=1S/C9H10F3NO2/c1-5(14)6-3-7(9(10,11)12)8(15-2)13-4-6/h3-5,14H,1-2H3. The predicted molar refractivity (Wildman–Crippen MR) is 46.4 cm³/mol. The van der Waals surface area contributed by atoms with Crippen molar-refractivity contribution < 1.29 is 23.0 Å². The molecule has 1 atom stereocenters. The summed E-state index contributed by atoms with van der Waals surface area (Å²) < 4.78 is 41.9. The van der Waals surface area contributed by atoms with Gasteiger partial charge < -0.3 is 9.84 Å². The highest BCUT2D eigenvalue weighted by atomic mass is 19.4. The number of aliphatic hydroxyl groups is 1. The van der Waals surface area contributed by atoms with Gasteiger partial charge in [-0.2, -0.15) is 13.2 Å². The molecule has 1 rings (SSSR count). The lowest BCUT2D eigenvalue weighted by molar-refractivity contribution is -0.139. The van der Waals surface area contributed by atoms with Crippen LogP contribution < -0.4 is 4.74 Å². The fourth-order valence-corrected chi connectivity index (χ4v) is 1.06. The molecule has 0 bridgehead atoms. The zero-order chi connectivity index (χ0) is 11.6. The quantitative estimate of drug-likeness (QED) is 0.832. The first-order valence-electron chi connectivity index (χ1n) is 4.15. The van der Waals surface area contributed by atoms with Crippen molar-refractivity contribution >= 4 is 0 Å². The van der Waals surface area contributed by atoms with Crippen LogP contribution in [0.25, 0.3) is 0 Å². The van der Waals surface area contributed by atoms with E-state index >= 15 is 0 Å². The summed E-state index contributed by atoms with van der Waals surface area (Å²) >= 11 is 0. The average Bonchev–Trinajstić information content (AvgIpc) is 2.15. The number of rotatable bonds is 2. The van der Waals surface area contributed by atoms with E-state index in [2.05, 4.69) is 9.72 Å². The number of halogens is 3. The van der Waals surface area contributed by atoms with Crippen molar-refractivity contribution in [3.05, 3.63) is 23.4 Å². The number of aromatic nitrogens is 1. The van der Waals surface area contributed by atoms with E-state index in [1.165, 1.54) is 6.92 Å². The molecule has 0 radical (unpaired) electrons. The van der Waals surface area contributed by atoms with E-state index in [0.717, 1.165) is 19.4 Å². The van der Waals surface area contributed by atoms with E-state index in [0.29, 0.717) is 0 Å². The number of hydrogen-bond donors (Lipinski definition) is 1. The molecular weight excluding hydrogens is 211 g/mol. The Balaban J connectivity index is 3.26. The zero-order valence-corrected chi connectivity index (χ0v) is 8.17. The van der Waals surface area contributed by atoms with Crippen molar-refractivity contribution in [3.63, 3.8) is 0 Å². The number of pyridine rings is 1. The summed E-state index contributed by atoms with van der Waals surface area (Å²) in [5, 5.41) is 9.13. The Bertz CT molecular complexity index is 350. The van der Waals surface area contributed by atoms with Gasteiger partial charge in [0, 0.05) is 6.20 Å². The Kier molecular flexibility index (Phi) is 3.18. The van der Waals surface area contributed by atoms with Crippen LogP contribution in [0.2, 0.25) is 0 Å². The van der Waals surface area contributed by atoms with Crippen molar-refractivity contribution in [1.82, 2.24) is 4.98 Å². The molecule has 1 aromatic rings. The fourth-order valence-electron chi connectivity index (χ4n) is 1.06. The number of hydrogen-bond acceptors (Lipinski definition) is 3. The highest BCUT2D eigenvalue weighted by molar-refractivity contribution is 5.33. The summed E-state index contributed by atoms with van der Waals surface area (Å²) in [7, 11) is 1.11. The first-order chi connectivity index (χ1) is 6.86. The van der Waals surface area contributed by atoms with E-state index in [4.69, 9.17) is 5.11 Å². The molecule has 0 amide bonds. The molecule has 1 heterocycles. The Morgan fingerprint density at radius 1 is 1.47 bits per heavy atom. The lowest BCUT2D eigenvalue weighted by atomic mass is 10.1. The molecule has 84 valence electrons. The third kappa shape index (κ3) is 2.59. The van der Waals surface area contributed by atoms with Gasteiger partial charge in [-0.3, -0.25) is 0 Å². The Hall–Kier alpha value is -1.30. The van der Waals surface area contributed by atoms with Crippen LogP contribution in [0.1, 0.15) is 24.2 Å². The van der Waals surface area contributed by atoms with Crippen LogP contribution in [0.5, 0.6) is 5.88 Å². The smallest absolute Gasteiger partial charge is 0.421 e. The number of alkyl halides is 3. The second-order valence-electron chi connectivity index (χ2n) is 3.00. The molecule has 1 aromatic heterocycles. The monoisotopic (exact) mass is 221 g/mol. The zero-order valence-electron chi connectivity index (χ0n) is 8.17. The van der Waals surface area contributed by atoms with Crippen LogP contribution >= 0.6 is 0 Å². The Morgan fingerprint density at radius 3 is 2.47 bits per heavy atom. The van der Waals surface area contributed by atoms with Crippen LogP contribution in [0.3, 0.4) is 0 Å². The number of aliphatic hydroxyl groups excluding tert-OH is 1. The van der Waals surface area contributed by atoms with E-state index in [-0.39, 0.29) is 5.56 Å². The van der Waals surface area contributed by atoms with Gasteiger partial charge in [-0.15, -0.1) is 0 Å². The summed E-state index contributed by atoms with van der Waals surface area (Å²) in [5.41, 5.74) is -0.883. The molecule has 15 heavy (non-hydrogen) atoms. The van der Waals surface area contributed by atoms with Crippen molar-refractivity contribution in [3.8, 4) is 5.88 Å². The first kappa shape index (κ1) is 11.8. The maximum atomic E-state index is 12.5. The molecule has 0 aliphatic rings. The molecule has 0 fully saturated rings. The second-order valence-corrected chi connectivity index (χ2v) is 3.00. The van der Waals surface area contributed by atoms with Crippen molar-refractivity contribution in [2.24, 2.45) is 0 Å². The summed E-state index contributed by atoms with van der Waals surface area (Å²) in [6.45, 7) is 1.36. The van der Waals surface area contributed by atoms with E-state index in [1.54, 1.807) is 0 Å². The highest BCUT2D eigenvalue weighted by Gasteiger charge is 2.35. The van der Waals surface area contributed by atoms with Gasteiger partial charge in [-0.1, -0.05) is 0 Å². The largest absolute Gasteiger partial charge is 0.481 e. The normalized spacial score (nSPS) is 13.7. The summed E-state index contributed by atoms with van der Waals surface area (Å²) in [6.07, 6.45) is -4.38. The van der Waals surface area contributed by atoms with Crippen molar-refractivity contribution in [2.45, 2.75) is 19.2 Å². The van der Waals surface area contributed by atoms with Crippen molar-refractivity contribution in [1.29, 1.82) is 0 Å². The average molecular weight is 221 g/mol. The maximum absolute atomic E-state index is 12.5. The molecule has 6 heteroatoms. The summed E-state index contributed by atoms with van der Waals surface area (Å²) in [4.78, 5) is 3.48. The first-order valence-corrected chi connectivity index (χ1v) is 4.15. The lowest BCUT2D eigenvalue weighted by Gasteiger charge is -2.13. The number of ether oxygens (including phenoxy) is 1. The predicted octanol–water partition coefficient (Wildman–Crippen LogP) is 2.16. The van der Waals surface area contributed by atoms with Gasteiger partial charge in [0.15, 0.2) is 0 Å². The third-order valence-corrected chi connectivity index (χ3v) is 1.85. The van der Waals surface area contributed by atoms with Crippen LogP contribution in [-0.4, -0.2) is 17.2 Å². The van der Waals surface area contributed by atoms with E-state index in [1.807, 2.05) is 0 Å². The van der Waals surface area contributed by atoms with Gasteiger partial charge in [-0.05, 0) is 18.6 Å². The Labute approximate surface area is 84.5 Å². The SMILES string of the molecule is COc1ncc(C(C)O)cc1C(F)(F)F. The molecule has 3 nitrogen and oxygen atoms in total. The summed E-state index contributed by atoms with van der Waals surface area (Å²) in [5.74, 6) is -0.494. The third-order valence-electron chi connectivity index (χ3n) is 1.85. The second kappa shape index (κ2) is 4.06. The Morgan fingerprint density at radius 2 is 2.07 bits per heavy atom. The number of methoxy groups -OCH3 is 1. The molecule has 0 saturated carbocycles. The molecule has 1 N–H and O–H groups in total. The van der Waals surface area contributed by atoms with Crippen LogP contribution in [0, 0.1) is 0 Å². The molecule has 0 aromatic carbocycles. The van der Waals surface area contributed by atoms with E-state index in [9.17, 15) is 13.2 Å². The minimum Gasteiger partial charge on any atom is -0.481 e. The van der Waals surface area contributed by atoms with Gasteiger partial charge in [0.1, 0.15) is 5.56 Å². The molecule has 0 aliphatic heterocycles. The van der Waals surface area contributed by atoms with Gasteiger partial charge in [-0.25, -0.2) is 4.98 Å². The van der Waals surface area contributed by atoms with Gasteiger partial charge in [0.2, 0.25) is 5.88 Å². The van der Waals surface area contributed by atoms with Gasteiger partial charge in [0.05, 0.1) is 13.2 Å². The minimum absolute atomic E-state index is 0.100. The topological polar surface area (TPSA) is 42.4 Å². The lowest BCUT2D eigenvalue weighted by Crippen LogP contribution is -2.10. The fraction of sp³-hybridized carbons (Fsp3) is 0.444. The van der Waals surface area contributed by atoms with Crippen LogP contribution in [-0.2, 0) is 6.18 Å². The molecule has 0 aliphatic carbocycles. The molecule has 1 unspecified atom stereocenters. The van der Waals surface area contributed by atoms with E-state index < -0.39 is 23.7 Å². The molecular formula is C9H10F3NO2. The maximum Gasteiger partial charge on any atom is 0.421 e. The van der Waals surface area contributed by atoms with Crippen LogP contribution in [0.4, 0.5) is 13.2 Å². The van der Waals surface area contributed by atoms with Crippen LogP contribution in [0.15, 0.2) is 12.3 Å². The molecule has 0 saturated heterocycles. The number of nitrogens with zero attached hydrogens (tertiary/aromatic N) is 1. The van der Waals surface area contributed by atoms with Crippen molar-refractivity contribution in [2.75, 3.05) is 7.11 Å². The highest BCUT2D eigenvalue weighted by Crippen LogP contribution is 2.36. The van der Waals surface area contributed by atoms with Gasteiger partial charge >= 0.3 is 6.18 Å². The molecule has 0 spiro atoms. The minimum atomic E-state index is -4.54.